The van der Waals surface area contributed by atoms with Gasteiger partial charge in [0, 0.05) is 18.3 Å². The van der Waals surface area contributed by atoms with Gasteiger partial charge in [-0.25, -0.2) is 0 Å². The summed E-state index contributed by atoms with van der Waals surface area (Å²) in [6.07, 6.45) is 1.81. The molecule has 1 amide bonds. The average molecular weight is 432 g/mol. The highest BCUT2D eigenvalue weighted by Gasteiger charge is 2.17. The van der Waals surface area contributed by atoms with Crippen LogP contribution in [-0.4, -0.2) is 34.8 Å². The first-order valence-electron chi connectivity index (χ1n) is 10.1. The fourth-order valence-electron chi connectivity index (χ4n) is 3.40. The Labute approximate surface area is 185 Å². The highest BCUT2D eigenvalue weighted by atomic mass is 16.5. The molecule has 0 aliphatic heterocycles. The number of carbonyl (C=O) groups excluding carboxylic acids is 1. The Kier molecular flexibility index (Phi) is 6.21. The van der Waals surface area contributed by atoms with Gasteiger partial charge < -0.3 is 23.9 Å². The van der Waals surface area contributed by atoms with Gasteiger partial charge >= 0.3 is 0 Å². The van der Waals surface area contributed by atoms with E-state index < -0.39 is 0 Å². The van der Waals surface area contributed by atoms with E-state index in [2.05, 4.69) is 21.5 Å². The van der Waals surface area contributed by atoms with Crippen LogP contribution in [0.3, 0.4) is 0 Å². The third kappa shape index (κ3) is 4.64. The maximum absolute atomic E-state index is 12.5. The lowest BCUT2D eigenvalue weighted by molar-refractivity contribution is -0.121. The van der Waals surface area contributed by atoms with Gasteiger partial charge in [0.15, 0.2) is 11.5 Å². The summed E-state index contributed by atoms with van der Waals surface area (Å²) in [7, 11) is 3.15. The van der Waals surface area contributed by atoms with Crippen LogP contribution in [0.1, 0.15) is 11.1 Å². The molecule has 0 saturated heterocycles. The molecule has 0 unspecified atom stereocenters. The second-order valence-corrected chi connectivity index (χ2v) is 7.28. The molecule has 2 heterocycles. The van der Waals surface area contributed by atoms with Gasteiger partial charge in [0.1, 0.15) is 12.2 Å². The van der Waals surface area contributed by atoms with E-state index in [1.54, 1.807) is 30.9 Å². The third-order valence-electron chi connectivity index (χ3n) is 5.00. The van der Waals surface area contributed by atoms with Gasteiger partial charge in [-0.1, -0.05) is 35.0 Å². The average Bonchev–Trinajstić information content (AvgIpc) is 3.47. The van der Waals surface area contributed by atoms with E-state index in [1.807, 2.05) is 49.5 Å². The van der Waals surface area contributed by atoms with Crippen LogP contribution < -0.4 is 14.8 Å². The molecule has 4 rings (SSSR count). The zero-order valence-electron chi connectivity index (χ0n) is 18.2. The first kappa shape index (κ1) is 21.2. The fourth-order valence-corrected chi connectivity index (χ4v) is 3.40. The Morgan fingerprint density at radius 2 is 1.91 bits per heavy atom. The minimum Gasteiger partial charge on any atom is -0.493 e. The summed E-state index contributed by atoms with van der Waals surface area (Å²) in [4.78, 5) is 17.0. The lowest BCUT2D eigenvalue weighted by Gasteiger charge is -2.09. The van der Waals surface area contributed by atoms with Crippen molar-refractivity contribution in [2.75, 3.05) is 14.2 Å². The molecule has 2 aromatic heterocycles. The van der Waals surface area contributed by atoms with Crippen molar-refractivity contribution in [2.45, 2.75) is 20.0 Å². The Balaban J connectivity index is 1.47. The van der Waals surface area contributed by atoms with Crippen LogP contribution in [-0.2, 0) is 17.9 Å². The Hall–Kier alpha value is -4.07. The van der Waals surface area contributed by atoms with Crippen LogP contribution in [0.5, 0.6) is 11.5 Å². The van der Waals surface area contributed by atoms with Crippen molar-refractivity contribution in [3.05, 3.63) is 71.9 Å². The van der Waals surface area contributed by atoms with Gasteiger partial charge in [-0.05, 0) is 42.8 Å². The smallest absolute Gasteiger partial charge is 0.274 e. The van der Waals surface area contributed by atoms with Crippen LogP contribution in [0.15, 0.2) is 65.3 Å². The number of carbonyl (C=O) groups is 1. The number of aromatic nitrogens is 3. The number of benzene rings is 2. The first-order valence-corrected chi connectivity index (χ1v) is 10.1. The summed E-state index contributed by atoms with van der Waals surface area (Å²) in [6, 6.07) is 17.1. The fraction of sp³-hybridized carbons (Fsp3) is 0.208. The highest BCUT2D eigenvalue weighted by molar-refractivity contribution is 5.76. The lowest BCUT2D eigenvalue weighted by atomic mass is 10.1. The predicted molar refractivity (Wildman–Crippen MR) is 119 cm³/mol. The van der Waals surface area contributed by atoms with Crippen molar-refractivity contribution in [2.24, 2.45) is 0 Å². The standard InChI is InChI=1S/C24H24N4O4/c1-16-6-4-7-17(12-16)14-25-22(29)15-28-11-5-8-19(28)24-26-23(27-32-24)18-9-10-20(30-2)21(13-18)31-3/h4-13H,14-15H2,1-3H3,(H,25,29). The number of hydrogen-bond acceptors (Lipinski definition) is 6. The number of nitrogens with zero attached hydrogens (tertiary/aromatic N) is 3. The molecule has 0 aliphatic rings. The molecular formula is C24H24N4O4. The van der Waals surface area contributed by atoms with Crippen molar-refractivity contribution in [3.8, 4) is 34.5 Å². The van der Waals surface area contributed by atoms with Gasteiger partial charge in [0.2, 0.25) is 11.7 Å². The molecule has 8 nitrogen and oxygen atoms in total. The minimum atomic E-state index is -0.108. The number of methoxy groups -OCH3 is 2. The highest BCUT2D eigenvalue weighted by Crippen LogP contribution is 2.32. The van der Waals surface area contributed by atoms with Crippen LogP contribution in [0, 0.1) is 6.92 Å². The van der Waals surface area contributed by atoms with Gasteiger partial charge in [-0.3, -0.25) is 4.79 Å². The van der Waals surface area contributed by atoms with E-state index in [4.69, 9.17) is 14.0 Å². The minimum absolute atomic E-state index is 0.108. The van der Waals surface area contributed by atoms with Gasteiger partial charge in [0.05, 0.1) is 14.2 Å². The molecule has 0 radical (unpaired) electrons. The van der Waals surface area contributed by atoms with Crippen LogP contribution in [0.4, 0.5) is 0 Å². The topological polar surface area (TPSA) is 91.4 Å². The van der Waals surface area contributed by atoms with Gasteiger partial charge in [0.25, 0.3) is 5.89 Å². The molecule has 1 N–H and O–H groups in total. The summed E-state index contributed by atoms with van der Waals surface area (Å²) < 4.78 is 17.9. The molecule has 8 heteroatoms. The van der Waals surface area contributed by atoms with E-state index in [0.29, 0.717) is 35.5 Å². The molecule has 0 saturated carbocycles. The van der Waals surface area contributed by atoms with Crippen LogP contribution in [0.25, 0.3) is 23.0 Å². The van der Waals surface area contributed by atoms with Crippen molar-refractivity contribution in [1.82, 2.24) is 20.0 Å². The van der Waals surface area contributed by atoms with E-state index in [9.17, 15) is 4.79 Å². The Morgan fingerprint density at radius 3 is 2.69 bits per heavy atom. The lowest BCUT2D eigenvalue weighted by Crippen LogP contribution is -2.27. The van der Waals surface area contributed by atoms with E-state index >= 15 is 0 Å². The van der Waals surface area contributed by atoms with Crippen LogP contribution >= 0.6 is 0 Å². The van der Waals surface area contributed by atoms with E-state index in [1.165, 1.54) is 0 Å². The summed E-state index contributed by atoms with van der Waals surface area (Å²) >= 11 is 0. The number of ether oxygens (including phenoxy) is 2. The van der Waals surface area contributed by atoms with Crippen molar-refractivity contribution >= 4 is 5.91 Å². The molecule has 0 atom stereocenters. The largest absolute Gasteiger partial charge is 0.493 e. The monoisotopic (exact) mass is 432 g/mol. The molecule has 0 fully saturated rings. The zero-order chi connectivity index (χ0) is 22.5. The quantitative estimate of drug-likeness (QED) is 0.455. The molecule has 0 spiro atoms. The Morgan fingerprint density at radius 1 is 1.06 bits per heavy atom. The molecular weight excluding hydrogens is 408 g/mol. The SMILES string of the molecule is COc1ccc(-c2noc(-c3cccn3CC(=O)NCc3cccc(C)c3)n2)cc1OC. The number of aryl methyl sites for hydroxylation is 1. The summed E-state index contributed by atoms with van der Waals surface area (Å²) in [5.41, 5.74) is 3.61. The van der Waals surface area contributed by atoms with Gasteiger partial charge in [-0.2, -0.15) is 4.98 Å². The summed E-state index contributed by atoms with van der Waals surface area (Å²) in [6.45, 7) is 2.64. The zero-order valence-corrected chi connectivity index (χ0v) is 18.2. The van der Waals surface area contributed by atoms with E-state index in [0.717, 1.165) is 16.7 Å². The second-order valence-electron chi connectivity index (χ2n) is 7.28. The predicted octanol–water partition coefficient (Wildman–Crippen LogP) is 3.85. The van der Waals surface area contributed by atoms with Crippen molar-refractivity contribution < 1.29 is 18.8 Å². The summed E-state index contributed by atoms with van der Waals surface area (Å²) in [5, 5.41) is 7.03. The number of hydrogen-bond donors (Lipinski definition) is 1. The number of nitrogens with one attached hydrogen (secondary N) is 1. The second kappa shape index (κ2) is 9.38. The van der Waals surface area contributed by atoms with Crippen molar-refractivity contribution in [1.29, 1.82) is 0 Å². The molecule has 32 heavy (non-hydrogen) atoms. The number of rotatable bonds is 8. The van der Waals surface area contributed by atoms with Gasteiger partial charge in [-0.15, -0.1) is 0 Å². The number of amides is 1. The first-order chi connectivity index (χ1) is 15.6. The maximum atomic E-state index is 12.5. The van der Waals surface area contributed by atoms with E-state index in [-0.39, 0.29) is 12.5 Å². The third-order valence-corrected chi connectivity index (χ3v) is 5.00. The van der Waals surface area contributed by atoms with Crippen molar-refractivity contribution in [3.63, 3.8) is 0 Å². The molecule has 4 aromatic rings. The molecule has 2 aromatic carbocycles. The Bertz CT molecular complexity index is 1230. The normalized spacial score (nSPS) is 10.7. The molecule has 0 bridgehead atoms. The van der Waals surface area contributed by atoms with Crippen LogP contribution in [0.2, 0.25) is 0 Å². The summed E-state index contributed by atoms with van der Waals surface area (Å²) in [5.74, 6) is 1.82. The maximum Gasteiger partial charge on any atom is 0.274 e. The molecule has 0 aliphatic carbocycles. The molecule has 164 valence electrons.